The number of halogens is 1. The van der Waals surface area contributed by atoms with Gasteiger partial charge in [0.05, 0.1) is 6.54 Å². The van der Waals surface area contributed by atoms with Crippen LogP contribution in [0.1, 0.15) is 71.1 Å². The molecule has 0 bridgehead atoms. The molecule has 0 aromatic heterocycles. The Labute approximate surface area is 188 Å². The molecule has 3 fully saturated rings. The van der Waals surface area contributed by atoms with Crippen LogP contribution in [0.4, 0.5) is 0 Å². The van der Waals surface area contributed by atoms with E-state index in [1.807, 2.05) is 0 Å². The summed E-state index contributed by atoms with van der Waals surface area (Å²) in [6.45, 7) is 6.55. The van der Waals surface area contributed by atoms with E-state index in [0.717, 1.165) is 25.1 Å². The van der Waals surface area contributed by atoms with Gasteiger partial charge in [0.25, 0.3) is 0 Å². The second-order valence-corrected chi connectivity index (χ2v) is 8.53. The van der Waals surface area contributed by atoms with Crippen molar-refractivity contribution in [3.05, 3.63) is 0 Å². The summed E-state index contributed by atoms with van der Waals surface area (Å²) in [5.41, 5.74) is 0. The lowest BCUT2D eigenvalue weighted by Gasteiger charge is -2.24. The van der Waals surface area contributed by atoms with Gasteiger partial charge >= 0.3 is 0 Å². The number of carbonyl (C=O) groups excluding carboxylic acids is 1. The third-order valence-corrected chi connectivity index (χ3v) is 6.40. The molecule has 1 saturated heterocycles. The molecule has 162 valence electrons. The van der Waals surface area contributed by atoms with Crippen LogP contribution < -0.4 is 16.0 Å². The Hall–Kier alpha value is -0.570. The van der Waals surface area contributed by atoms with Crippen molar-refractivity contribution in [1.29, 1.82) is 0 Å². The maximum absolute atomic E-state index is 12.0. The lowest BCUT2D eigenvalue weighted by Crippen LogP contribution is -2.45. The highest BCUT2D eigenvalue weighted by molar-refractivity contribution is 14.0. The lowest BCUT2D eigenvalue weighted by atomic mass is 10.0. The molecule has 0 spiro atoms. The number of likely N-dealkylation sites (tertiary alicyclic amines) is 1. The SMILES string of the molecule is CCNC(=NCCNC(=O)CC1CCCC1)NC1CCN(C2CCCC2)C1.I. The van der Waals surface area contributed by atoms with Crippen LogP contribution in [-0.2, 0) is 4.79 Å². The van der Waals surface area contributed by atoms with Crippen LogP contribution in [0.5, 0.6) is 0 Å². The highest BCUT2D eigenvalue weighted by Crippen LogP contribution is 2.27. The number of hydrogen-bond donors (Lipinski definition) is 3. The molecule has 3 rings (SSSR count). The third-order valence-electron chi connectivity index (χ3n) is 6.40. The first-order chi connectivity index (χ1) is 13.2. The van der Waals surface area contributed by atoms with E-state index >= 15 is 0 Å². The van der Waals surface area contributed by atoms with Crippen LogP contribution in [0.25, 0.3) is 0 Å². The van der Waals surface area contributed by atoms with Gasteiger partial charge < -0.3 is 16.0 Å². The molecular weight excluding hydrogens is 465 g/mol. The van der Waals surface area contributed by atoms with Gasteiger partial charge in [0.1, 0.15) is 0 Å². The number of nitrogens with zero attached hydrogens (tertiary/aromatic N) is 2. The molecule has 6 nitrogen and oxygen atoms in total. The van der Waals surface area contributed by atoms with Crippen LogP contribution in [-0.4, -0.2) is 61.6 Å². The first kappa shape index (κ1) is 23.7. The molecule has 3 aliphatic rings. The molecule has 28 heavy (non-hydrogen) atoms. The molecule has 1 aliphatic heterocycles. The Morgan fingerprint density at radius 2 is 1.75 bits per heavy atom. The van der Waals surface area contributed by atoms with Crippen LogP contribution in [0.2, 0.25) is 0 Å². The van der Waals surface area contributed by atoms with Crippen molar-refractivity contribution in [2.24, 2.45) is 10.9 Å². The zero-order valence-corrected chi connectivity index (χ0v) is 19.9. The highest BCUT2D eigenvalue weighted by Gasteiger charge is 2.30. The first-order valence-corrected chi connectivity index (χ1v) is 11.3. The number of nitrogens with one attached hydrogen (secondary N) is 3. The molecule has 1 unspecified atom stereocenters. The van der Waals surface area contributed by atoms with E-state index in [1.54, 1.807) is 0 Å². The molecule has 1 atom stereocenters. The molecule has 3 N–H and O–H groups in total. The standard InChI is InChI=1S/C21H39N5O.HI/c1-2-22-21(24-13-12-23-20(27)15-17-7-3-4-8-17)25-18-11-14-26(16-18)19-9-5-6-10-19;/h17-19H,2-16H2,1H3,(H,23,27)(H2,22,24,25);1H. The van der Waals surface area contributed by atoms with Gasteiger partial charge in [-0.3, -0.25) is 14.7 Å². The smallest absolute Gasteiger partial charge is 0.220 e. The zero-order valence-electron chi connectivity index (χ0n) is 17.5. The number of amides is 1. The predicted molar refractivity (Wildman–Crippen MR) is 126 cm³/mol. The summed E-state index contributed by atoms with van der Waals surface area (Å²) in [5.74, 6) is 1.69. The zero-order chi connectivity index (χ0) is 18.9. The van der Waals surface area contributed by atoms with Crippen molar-refractivity contribution in [2.45, 2.75) is 83.2 Å². The number of aliphatic imine (C=N–C) groups is 1. The summed E-state index contributed by atoms with van der Waals surface area (Å²) in [5, 5.41) is 9.99. The van der Waals surface area contributed by atoms with Gasteiger partial charge in [-0.15, -0.1) is 24.0 Å². The minimum Gasteiger partial charge on any atom is -0.357 e. The Balaban J connectivity index is 0.00000280. The second kappa shape index (κ2) is 12.9. The molecule has 0 radical (unpaired) electrons. The summed E-state index contributed by atoms with van der Waals surface area (Å²) >= 11 is 0. The lowest BCUT2D eigenvalue weighted by molar-refractivity contribution is -0.121. The highest BCUT2D eigenvalue weighted by atomic mass is 127. The van der Waals surface area contributed by atoms with Crippen LogP contribution >= 0.6 is 24.0 Å². The van der Waals surface area contributed by atoms with Crippen molar-refractivity contribution >= 4 is 35.8 Å². The molecule has 2 aliphatic carbocycles. The van der Waals surface area contributed by atoms with Gasteiger partial charge in [-0.05, 0) is 44.9 Å². The van der Waals surface area contributed by atoms with Gasteiger partial charge in [0.2, 0.25) is 5.91 Å². The number of guanidine groups is 1. The molecule has 0 aromatic rings. The second-order valence-electron chi connectivity index (χ2n) is 8.53. The number of carbonyl (C=O) groups is 1. The van der Waals surface area contributed by atoms with Crippen LogP contribution in [0, 0.1) is 5.92 Å². The average molecular weight is 505 g/mol. The van der Waals surface area contributed by atoms with Crippen LogP contribution in [0.15, 0.2) is 4.99 Å². The summed E-state index contributed by atoms with van der Waals surface area (Å²) < 4.78 is 0. The number of rotatable bonds is 8. The average Bonchev–Trinajstić information content (AvgIpc) is 3.40. The van der Waals surface area contributed by atoms with Gasteiger partial charge in [0.15, 0.2) is 5.96 Å². The topological polar surface area (TPSA) is 68.8 Å². The van der Waals surface area contributed by atoms with E-state index in [0.29, 0.717) is 31.5 Å². The summed E-state index contributed by atoms with van der Waals surface area (Å²) in [7, 11) is 0. The van der Waals surface area contributed by atoms with Crippen molar-refractivity contribution in [2.75, 3.05) is 32.7 Å². The molecule has 0 aromatic carbocycles. The maximum Gasteiger partial charge on any atom is 0.220 e. The monoisotopic (exact) mass is 505 g/mol. The van der Waals surface area contributed by atoms with E-state index < -0.39 is 0 Å². The van der Waals surface area contributed by atoms with Crippen molar-refractivity contribution in [1.82, 2.24) is 20.9 Å². The summed E-state index contributed by atoms with van der Waals surface area (Å²) in [6, 6.07) is 1.30. The van der Waals surface area contributed by atoms with Gasteiger partial charge in [-0.1, -0.05) is 25.7 Å². The van der Waals surface area contributed by atoms with Crippen molar-refractivity contribution in [3.8, 4) is 0 Å². The van der Waals surface area contributed by atoms with E-state index in [9.17, 15) is 4.79 Å². The van der Waals surface area contributed by atoms with Crippen molar-refractivity contribution < 1.29 is 4.79 Å². The van der Waals surface area contributed by atoms with Gasteiger partial charge in [-0.25, -0.2) is 0 Å². The summed E-state index contributed by atoms with van der Waals surface area (Å²) in [4.78, 5) is 19.3. The van der Waals surface area contributed by atoms with Crippen LogP contribution in [0.3, 0.4) is 0 Å². The first-order valence-electron chi connectivity index (χ1n) is 11.3. The fraction of sp³-hybridized carbons (Fsp3) is 0.905. The quantitative estimate of drug-likeness (QED) is 0.206. The van der Waals surface area contributed by atoms with E-state index in [-0.39, 0.29) is 29.9 Å². The molecule has 1 heterocycles. The Kier molecular flexibility index (Phi) is 10.9. The molecular formula is C21H40IN5O. The van der Waals surface area contributed by atoms with Gasteiger partial charge in [0, 0.05) is 44.7 Å². The Morgan fingerprint density at radius 1 is 1.04 bits per heavy atom. The van der Waals surface area contributed by atoms with Crippen molar-refractivity contribution in [3.63, 3.8) is 0 Å². The molecule has 7 heteroatoms. The fourth-order valence-electron chi connectivity index (χ4n) is 4.93. The normalized spacial score (nSPS) is 24.3. The Bertz CT molecular complexity index is 489. The fourth-order valence-corrected chi connectivity index (χ4v) is 4.93. The minimum absolute atomic E-state index is 0. The van der Waals surface area contributed by atoms with E-state index in [4.69, 9.17) is 0 Å². The van der Waals surface area contributed by atoms with Gasteiger partial charge in [-0.2, -0.15) is 0 Å². The van der Waals surface area contributed by atoms with E-state index in [1.165, 1.54) is 64.3 Å². The summed E-state index contributed by atoms with van der Waals surface area (Å²) in [6.07, 6.45) is 12.5. The Morgan fingerprint density at radius 3 is 2.46 bits per heavy atom. The largest absolute Gasteiger partial charge is 0.357 e. The molecule has 2 saturated carbocycles. The third kappa shape index (κ3) is 7.69. The van der Waals surface area contributed by atoms with E-state index in [2.05, 4.69) is 32.8 Å². The number of hydrogen-bond acceptors (Lipinski definition) is 3. The maximum atomic E-state index is 12.0. The molecule has 1 amide bonds. The minimum atomic E-state index is 0. The predicted octanol–water partition coefficient (Wildman–Crippen LogP) is 2.87.